The Kier molecular flexibility index (Phi) is 8.72. The summed E-state index contributed by atoms with van der Waals surface area (Å²) < 4.78 is 15.4. The first-order valence-corrected chi connectivity index (χ1v) is 6.02. The molecule has 0 aromatic carbocycles. The molecule has 0 radical (unpaired) electrons. The van der Waals surface area contributed by atoms with Crippen LogP contribution in [0.2, 0.25) is 0 Å². The molecule has 0 N–H and O–H groups in total. The number of hydrogen-bond acceptors (Lipinski definition) is 4. The summed E-state index contributed by atoms with van der Waals surface area (Å²) >= 11 is 0. The maximum Gasteiger partial charge on any atom is 0.306 e. The maximum absolute atomic E-state index is 11.4. The van der Waals surface area contributed by atoms with Crippen molar-refractivity contribution in [2.75, 3.05) is 20.3 Å². The third kappa shape index (κ3) is 7.13. The number of hydrogen-bond donors (Lipinski definition) is 0. The van der Waals surface area contributed by atoms with Crippen LogP contribution in [0, 0.1) is 5.92 Å². The summed E-state index contributed by atoms with van der Waals surface area (Å²) in [6.45, 7) is 10.4. The Balaban J connectivity index is 4.23. The Morgan fingerprint density at radius 2 is 2.00 bits per heavy atom. The third-order valence-corrected chi connectivity index (χ3v) is 2.61. The van der Waals surface area contributed by atoms with Gasteiger partial charge in [0.2, 0.25) is 0 Å². The second-order valence-corrected chi connectivity index (χ2v) is 3.85. The van der Waals surface area contributed by atoms with E-state index in [-0.39, 0.29) is 18.2 Å². The van der Waals surface area contributed by atoms with Crippen LogP contribution in [0.3, 0.4) is 0 Å². The molecule has 0 bridgehead atoms. The number of carbonyl (C=O) groups is 1. The van der Waals surface area contributed by atoms with Gasteiger partial charge in [0.25, 0.3) is 0 Å². The molecule has 0 amide bonds. The lowest BCUT2D eigenvalue weighted by Crippen LogP contribution is -2.21. The summed E-state index contributed by atoms with van der Waals surface area (Å²) in [5.41, 5.74) is 1.00. The molecule has 0 aromatic heterocycles. The van der Waals surface area contributed by atoms with Crippen LogP contribution >= 0.6 is 0 Å². The van der Waals surface area contributed by atoms with E-state index in [4.69, 9.17) is 14.2 Å². The summed E-state index contributed by atoms with van der Waals surface area (Å²) in [4.78, 5) is 11.4. The minimum absolute atomic E-state index is 0.00310. The van der Waals surface area contributed by atoms with Gasteiger partial charge in [0, 0.05) is 13.0 Å². The quantitative estimate of drug-likeness (QED) is 0.355. The van der Waals surface area contributed by atoms with E-state index >= 15 is 0 Å². The van der Waals surface area contributed by atoms with Gasteiger partial charge in [0.15, 0.2) is 6.29 Å². The highest BCUT2D eigenvalue weighted by atomic mass is 16.7. The van der Waals surface area contributed by atoms with Gasteiger partial charge >= 0.3 is 5.97 Å². The number of rotatable bonds is 9. The predicted molar refractivity (Wildman–Crippen MR) is 66.6 cm³/mol. The lowest BCUT2D eigenvalue weighted by atomic mass is 9.96. The zero-order valence-electron chi connectivity index (χ0n) is 11.3. The van der Waals surface area contributed by atoms with Gasteiger partial charge < -0.3 is 14.2 Å². The van der Waals surface area contributed by atoms with E-state index in [0.717, 1.165) is 12.0 Å². The highest BCUT2D eigenvalue weighted by Crippen LogP contribution is 2.18. The van der Waals surface area contributed by atoms with E-state index in [0.29, 0.717) is 19.6 Å². The van der Waals surface area contributed by atoms with E-state index in [1.807, 2.05) is 13.8 Å². The van der Waals surface area contributed by atoms with Crippen LogP contribution in [0.15, 0.2) is 12.2 Å². The average Bonchev–Trinajstić information content (AvgIpc) is 2.33. The number of ether oxygens (including phenoxy) is 3. The van der Waals surface area contributed by atoms with Crippen molar-refractivity contribution in [3.8, 4) is 0 Å². The zero-order valence-corrected chi connectivity index (χ0v) is 11.3. The lowest BCUT2D eigenvalue weighted by molar-refractivity contribution is -0.147. The molecule has 4 nitrogen and oxygen atoms in total. The molecule has 2 unspecified atom stereocenters. The van der Waals surface area contributed by atoms with E-state index in [9.17, 15) is 4.79 Å². The van der Waals surface area contributed by atoms with E-state index in [1.165, 1.54) is 0 Å². The molecule has 0 aliphatic heterocycles. The molecule has 0 aliphatic carbocycles. The van der Waals surface area contributed by atoms with Crippen LogP contribution in [0.25, 0.3) is 0 Å². The lowest BCUT2D eigenvalue weighted by Gasteiger charge is -2.20. The number of methoxy groups -OCH3 is 1. The van der Waals surface area contributed by atoms with Crippen LogP contribution in [-0.4, -0.2) is 32.6 Å². The predicted octanol–water partition coefficient (Wildman–Crippen LogP) is 2.53. The van der Waals surface area contributed by atoms with Crippen molar-refractivity contribution in [1.29, 1.82) is 0 Å². The third-order valence-electron chi connectivity index (χ3n) is 2.61. The molecule has 0 heterocycles. The van der Waals surface area contributed by atoms with Crippen molar-refractivity contribution in [2.24, 2.45) is 5.92 Å². The highest BCUT2D eigenvalue weighted by Gasteiger charge is 2.18. The fourth-order valence-corrected chi connectivity index (χ4v) is 1.35. The molecule has 2 atom stereocenters. The van der Waals surface area contributed by atoms with Gasteiger partial charge in [-0.1, -0.05) is 19.1 Å². The largest absolute Gasteiger partial charge is 0.466 e. The monoisotopic (exact) mass is 244 g/mol. The standard InChI is InChI=1S/C13H24O4/c1-6-10(3)12(8-13(14)16-7-2)9-17-11(4)15-5/h11-12H,3,6-9H2,1-2,4-5H3. The molecule has 0 aromatic rings. The van der Waals surface area contributed by atoms with E-state index in [1.54, 1.807) is 14.0 Å². The SMILES string of the molecule is C=C(CC)C(COC(C)OC)CC(=O)OCC. The van der Waals surface area contributed by atoms with Crippen molar-refractivity contribution in [3.05, 3.63) is 12.2 Å². The van der Waals surface area contributed by atoms with E-state index in [2.05, 4.69) is 6.58 Å². The molecule has 100 valence electrons. The summed E-state index contributed by atoms with van der Waals surface area (Å²) in [5.74, 6) is -0.211. The topological polar surface area (TPSA) is 44.8 Å². The Bertz CT molecular complexity index is 238. The van der Waals surface area contributed by atoms with Crippen LogP contribution < -0.4 is 0 Å². The van der Waals surface area contributed by atoms with Crippen molar-refractivity contribution >= 4 is 5.97 Å². The van der Waals surface area contributed by atoms with Crippen molar-refractivity contribution in [3.63, 3.8) is 0 Å². The molecule has 0 spiro atoms. The van der Waals surface area contributed by atoms with Crippen LogP contribution in [0.1, 0.15) is 33.6 Å². The fraction of sp³-hybridized carbons (Fsp3) is 0.769. The summed E-state index contributed by atoms with van der Waals surface area (Å²) in [5, 5.41) is 0. The molecule has 4 heteroatoms. The van der Waals surface area contributed by atoms with Crippen LogP contribution in [-0.2, 0) is 19.0 Å². The minimum atomic E-state index is -0.274. The van der Waals surface area contributed by atoms with Gasteiger partial charge in [0.1, 0.15) is 0 Å². The summed E-state index contributed by atoms with van der Waals surface area (Å²) in [6.07, 6.45) is 0.871. The normalized spacial score (nSPS) is 14.1. The first-order valence-electron chi connectivity index (χ1n) is 6.02. The van der Waals surface area contributed by atoms with Gasteiger partial charge in [-0.3, -0.25) is 4.79 Å². The Morgan fingerprint density at radius 1 is 1.35 bits per heavy atom. The van der Waals surface area contributed by atoms with Crippen molar-refractivity contribution < 1.29 is 19.0 Å². The molecule has 0 saturated carbocycles. The number of carbonyl (C=O) groups excluding carboxylic acids is 1. The van der Waals surface area contributed by atoms with Crippen LogP contribution in [0.5, 0.6) is 0 Å². The summed E-state index contributed by atoms with van der Waals surface area (Å²) in [7, 11) is 1.58. The molecular weight excluding hydrogens is 220 g/mol. The minimum Gasteiger partial charge on any atom is -0.466 e. The smallest absolute Gasteiger partial charge is 0.306 e. The van der Waals surface area contributed by atoms with Gasteiger partial charge in [-0.15, -0.1) is 0 Å². The molecule has 0 saturated heterocycles. The Labute approximate surface area is 104 Å². The number of esters is 1. The molecule has 0 aliphatic rings. The molecule has 0 fully saturated rings. The van der Waals surface area contributed by atoms with Crippen molar-refractivity contribution in [1.82, 2.24) is 0 Å². The molecular formula is C13H24O4. The average molecular weight is 244 g/mol. The highest BCUT2D eigenvalue weighted by molar-refractivity contribution is 5.70. The fourth-order valence-electron chi connectivity index (χ4n) is 1.35. The first kappa shape index (κ1) is 16.1. The van der Waals surface area contributed by atoms with Gasteiger partial charge in [-0.25, -0.2) is 0 Å². The van der Waals surface area contributed by atoms with Gasteiger partial charge in [-0.2, -0.15) is 0 Å². The zero-order chi connectivity index (χ0) is 13.3. The Morgan fingerprint density at radius 3 is 2.47 bits per heavy atom. The second-order valence-electron chi connectivity index (χ2n) is 3.85. The Hall–Kier alpha value is -0.870. The van der Waals surface area contributed by atoms with Gasteiger partial charge in [-0.05, 0) is 20.3 Å². The van der Waals surface area contributed by atoms with Gasteiger partial charge in [0.05, 0.1) is 19.6 Å². The van der Waals surface area contributed by atoms with Crippen LogP contribution in [0.4, 0.5) is 0 Å². The van der Waals surface area contributed by atoms with Crippen molar-refractivity contribution in [2.45, 2.75) is 39.9 Å². The summed E-state index contributed by atoms with van der Waals surface area (Å²) in [6, 6.07) is 0. The molecule has 17 heavy (non-hydrogen) atoms. The maximum atomic E-state index is 11.4. The molecule has 0 rings (SSSR count). The first-order chi connectivity index (χ1) is 8.04. The second kappa shape index (κ2) is 9.19. The van der Waals surface area contributed by atoms with E-state index < -0.39 is 0 Å².